The van der Waals surface area contributed by atoms with Crippen molar-refractivity contribution >= 4 is 20.0 Å². The summed E-state index contributed by atoms with van der Waals surface area (Å²) in [5.74, 6) is -0.514. The van der Waals surface area contributed by atoms with Gasteiger partial charge in [-0.25, -0.2) is 0 Å². The SMILES string of the molecule is CC(=O)O[C@H]1C[C@H](c2ccncc2[N+](=O)[O-])O[C@H](C)[C@H]1CC(C)(C)[Si](C)(C)O. The second-order valence-corrected chi connectivity index (χ2v) is 13.2. The zero-order chi connectivity index (χ0) is 21.3. The van der Waals surface area contributed by atoms with Crippen LogP contribution in [0.4, 0.5) is 5.69 Å². The minimum Gasteiger partial charge on any atom is -0.462 e. The molecule has 0 spiro atoms. The fourth-order valence-corrected chi connectivity index (χ4v) is 4.35. The zero-order valence-electron chi connectivity index (χ0n) is 17.3. The van der Waals surface area contributed by atoms with Gasteiger partial charge in [-0.15, -0.1) is 0 Å². The Bertz CT molecular complexity index is 733. The minimum atomic E-state index is -2.47. The van der Waals surface area contributed by atoms with Crippen LogP contribution in [0.3, 0.4) is 0 Å². The molecule has 156 valence electrons. The fourth-order valence-electron chi connectivity index (χ4n) is 3.61. The molecule has 2 rings (SSSR count). The Labute approximate surface area is 166 Å². The number of rotatable bonds is 6. The van der Waals surface area contributed by atoms with Crippen LogP contribution >= 0.6 is 0 Å². The summed E-state index contributed by atoms with van der Waals surface area (Å²) in [4.78, 5) is 37.1. The lowest BCUT2D eigenvalue weighted by atomic mass is 9.81. The molecule has 9 heteroatoms. The van der Waals surface area contributed by atoms with Crippen molar-refractivity contribution < 1.29 is 24.0 Å². The van der Waals surface area contributed by atoms with E-state index in [9.17, 15) is 19.7 Å². The first-order chi connectivity index (χ1) is 12.8. The molecule has 1 aromatic heterocycles. The average molecular weight is 411 g/mol. The van der Waals surface area contributed by atoms with Gasteiger partial charge in [0.1, 0.15) is 12.3 Å². The Kier molecular flexibility index (Phi) is 6.62. The first-order valence-corrected chi connectivity index (χ1v) is 12.4. The average Bonchev–Trinajstić information content (AvgIpc) is 2.56. The standard InChI is InChI=1S/C19H30N2O6Si/c1-12-15(10-19(3,4)28(5,6)25)18(27-13(2)22)9-17(26-12)14-7-8-20-11-16(14)21(23)24/h7-8,11-12,15,17-18,25H,9-10H2,1-6H3/t12-,15-,17-,18+/m1/s1. The molecule has 0 aliphatic carbocycles. The van der Waals surface area contributed by atoms with Crippen molar-refractivity contribution in [3.05, 3.63) is 34.1 Å². The van der Waals surface area contributed by atoms with Gasteiger partial charge in [-0.2, -0.15) is 0 Å². The van der Waals surface area contributed by atoms with E-state index in [1.165, 1.54) is 19.3 Å². The van der Waals surface area contributed by atoms with Crippen molar-refractivity contribution in [1.82, 2.24) is 4.98 Å². The van der Waals surface area contributed by atoms with Crippen LogP contribution in [-0.2, 0) is 14.3 Å². The van der Waals surface area contributed by atoms with E-state index in [0.717, 1.165) is 0 Å². The highest BCUT2D eigenvalue weighted by Crippen LogP contribution is 2.48. The number of aromatic nitrogens is 1. The minimum absolute atomic E-state index is 0.107. The summed E-state index contributed by atoms with van der Waals surface area (Å²) in [5.41, 5.74) is 0.322. The normalized spacial score (nSPS) is 26.0. The highest BCUT2D eigenvalue weighted by atomic mass is 28.4. The summed E-state index contributed by atoms with van der Waals surface area (Å²) in [6, 6.07) is 1.58. The van der Waals surface area contributed by atoms with Gasteiger partial charge in [0.25, 0.3) is 5.69 Å². The number of nitrogens with zero attached hydrogens (tertiary/aromatic N) is 2. The lowest BCUT2D eigenvalue weighted by Crippen LogP contribution is -2.47. The number of hydrogen-bond acceptors (Lipinski definition) is 7. The van der Waals surface area contributed by atoms with Crippen LogP contribution in [0.25, 0.3) is 0 Å². The topological polar surface area (TPSA) is 112 Å². The van der Waals surface area contributed by atoms with E-state index in [1.54, 1.807) is 6.07 Å². The number of esters is 1. The number of ether oxygens (including phenoxy) is 2. The van der Waals surface area contributed by atoms with Crippen LogP contribution in [0, 0.1) is 16.0 Å². The maximum atomic E-state index is 11.7. The van der Waals surface area contributed by atoms with Crippen molar-refractivity contribution in [3.8, 4) is 0 Å². The maximum absolute atomic E-state index is 11.7. The molecule has 8 nitrogen and oxygen atoms in total. The van der Waals surface area contributed by atoms with E-state index >= 15 is 0 Å². The Morgan fingerprint density at radius 3 is 2.68 bits per heavy atom. The maximum Gasteiger partial charge on any atom is 0.302 e. The van der Waals surface area contributed by atoms with Gasteiger partial charge >= 0.3 is 5.97 Å². The van der Waals surface area contributed by atoms with Crippen LogP contribution in [0.2, 0.25) is 18.1 Å². The van der Waals surface area contributed by atoms with Gasteiger partial charge in [0, 0.05) is 25.5 Å². The molecule has 1 N–H and O–H groups in total. The van der Waals surface area contributed by atoms with Crippen LogP contribution in [0.5, 0.6) is 0 Å². The van der Waals surface area contributed by atoms with E-state index in [-0.39, 0.29) is 22.7 Å². The van der Waals surface area contributed by atoms with E-state index in [4.69, 9.17) is 9.47 Å². The summed E-state index contributed by atoms with van der Waals surface area (Å²) >= 11 is 0. The number of pyridine rings is 1. The summed E-state index contributed by atoms with van der Waals surface area (Å²) in [7, 11) is -2.47. The van der Waals surface area contributed by atoms with Crippen LogP contribution < -0.4 is 0 Å². The van der Waals surface area contributed by atoms with Gasteiger partial charge in [0.15, 0.2) is 8.32 Å². The van der Waals surface area contributed by atoms with E-state index in [2.05, 4.69) is 4.98 Å². The van der Waals surface area contributed by atoms with Crippen LogP contribution in [0.1, 0.15) is 52.2 Å². The summed E-state index contributed by atoms with van der Waals surface area (Å²) in [6.45, 7) is 11.1. The van der Waals surface area contributed by atoms with Crippen molar-refractivity contribution in [1.29, 1.82) is 0 Å². The van der Waals surface area contributed by atoms with Gasteiger partial charge in [0.05, 0.1) is 22.7 Å². The van der Waals surface area contributed by atoms with Gasteiger partial charge in [-0.3, -0.25) is 19.9 Å². The van der Waals surface area contributed by atoms with Crippen molar-refractivity contribution in [2.24, 2.45) is 5.92 Å². The molecule has 1 saturated heterocycles. The third-order valence-electron chi connectivity index (χ3n) is 6.00. The lowest BCUT2D eigenvalue weighted by Gasteiger charge is -2.45. The highest BCUT2D eigenvalue weighted by molar-refractivity contribution is 6.72. The first kappa shape index (κ1) is 22.4. The summed E-state index contributed by atoms with van der Waals surface area (Å²) < 4.78 is 11.8. The molecule has 0 amide bonds. The van der Waals surface area contributed by atoms with Gasteiger partial charge in [0.2, 0.25) is 0 Å². The summed E-state index contributed by atoms with van der Waals surface area (Å²) in [6.07, 6.45) is 2.34. The molecule has 0 unspecified atom stereocenters. The molecule has 0 aromatic carbocycles. The molecule has 1 aliphatic rings. The summed E-state index contributed by atoms with van der Waals surface area (Å²) in [5, 5.41) is 11.1. The lowest BCUT2D eigenvalue weighted by molar-refractivity contribution is -0.386. The second-order valence-electron chi connectivity index (χ2n) is 8.72. The van der Waals surface area contributed by atoms with Crippen molar-refractivity contribution in [3.63, 3.8) is 0 Å². The molecule has 0 bridgehead atoms. The third-order valence-corrected chi connectivity index (χ3v) is 9.52. The first-order valence-electron chi connectivity index (χ1n) is 9.47. The molecular weight excluding hydrogens is 380 g/mol. The molecule has 0 saturated carbocycles. The molecule has 28 heavy (non-hydrogen) atoms. The number of carbonyl (C=O) groups excluding carboxylic acids is 1. The van der Waals surface area contributed by atoms with Crippen molar-refractivity contribution in [2.45, 2.75) is 77.0 Å². The van der Waals surface area contributed by atoms with Gasteiger partial charge in [-0.1, -0.05) is 13.8 Å². The fraction of sp³-hybridized carbons (Fsp3) is 0.684. The number of hydrogen-bond donors (Lipinski definition) is 1. The molecule has 1 fully saturated rings. The smallest absolute Gasteiger partial charge is 0.302 e. The Balaban J connectivity index is 2.33. The van der Waals surface area contributed by atoms with E-state index in [0.29, 0.717) is 18.4 Å². The zero-order valence-corrected chi connectivity index (χ0v) is 18.3. The molecule has 1 aliphatic heterocycles. The molecule has 4 atom stereocenters. The monoisotopic (exact) mass is 410 g/mol. The van der Waals surface area contributed by atoms with Crippen LogP contribution in [-0.4, -0.2) is 41.2 Å². The largest absolute Gasteiger partial charge is 0.462 e. The second kappa shape index (κ2) is 8.26. The molecule has 2 heterocycles. The van der Waals surface area contributed by atoms with Crippen LogP contribution in [0.15, 0.2) is 18.5 Å². The Hall–Kier alpha value is -1.84. The number of nitro groups is 1. The third kappa shape index (κ3) is 4.95. The predicted molar refractivity (Wildman–Crippen MR) is 106 cm³/mol. The molecular formula is C19H30N2O6Si. The van der Waals surface area contributed by atoms with Gasteiger partial charge < -0.3 is 14.3 Å². The van der Waals surface area contributed by atoms with Gasteiger partial charge in [-0.05, 0) is 37.5 Å². The predicted octanol–water partition coefficient (Wildman–Crippen LogP) is 3.76. The molecule has 0 radical (unpaired) electrons. The van der Waals surface area contributed by atoms with E-state index < -0.39 is 31.4 Å². The quantitative estimate of drug-likeness (QED) is 0.329. The van der Waals surface area contributed by atoms with Crippen molar-refractivity contribution in [2.75, 3.05) is 0 Å². The highest BCUT2D eigenvalue weighted by Gasteiger charge is 2.47. The van der Waals surface area contributed by atoms with E-state index in [1.807, 2.05) is 33.9 Å². The number of carbonyl (C=O) groups is 1. The Morgan fingerprint density at radius 2 is 2.14 bits per heavy atom. The molecule has 1 aromatic rings. The Morgan fingerprint density at radius 1 is 1.50 bits per heavy atom.